The normalized spacial score (nSPS) is 10.7. The van der Waals surface area contributed by atoms with Crippen molar-refractivity contribution in [2.24, 2.45) is 0 Å². The van der Waals surface area contributed by atoms with Crippen molar-refractivity contribution >= 4 is 22.9 Å². The molecule has 0 saturated carbocycles. The molecule has 4 rings (SSSR count). The average molecular weight is 403 g/mol. The minimum absolute atomic E-state index is 0.199. The van der Waals surface area contributed by atoms with Crippen molar-refractivity contribution in [1.29, 1.82) is 0 Å². The van der Waals surface area contributed by atoms with Crippen LogP contribution in [0.1, 0.15) is 26.5 Å². The first-order chi connectivity index (χ1) is 14.1. The molecule has 1 amide bonds. The second kappa shape index (κ2) is 8.32. The lowest BCUT2D eigenvalue weighted by Gasteiger charge is -2.06. The Morgan fingerprint density at radius 2 is 1.62 bits per heavy atom. The average Bonchev–Trinajstić information content (AvgIpc) is 3.12. The Hall–Kier alpha value is -3.38. The minimum Gasteiger partial charge on any atom is -0.321 e. The van der Waals surface area contributed by atoms with Gasteiger partial charge in [-0.05, 0) is 73.0 Å². The summed E-state index contributed by atoms with van der Waals surface area (Å²) in [6, 6.07) is 17.9. The Labute approximate surface area is 172 Å². The summed E-state index contributed by atoms with van der Waals surface area (Å²) < 4.78 is 13.1. The molecule has 0 atom stereocenters. The Kier molecular flexibility index (Phi) is 5.44. The molecule has 4 aromatic rings. The van der Waals surface area contributed by atoms with E-state index in [-0.39, 0.29) is 11.7 Å². The third-order valence-corrected chi connectivity index (χ3v) is 5.67. The zero-order chi connectivity index (χ0) is 20.2. The molecule has 0 radical (unpaired) electrons. The first-order valence-electron chi connectivity index (χ1n) is 9.11. The van der Waals surface area contributed by atoms with Crippen LogP contribution in [0.15, 0.2) is 73.1 Å². The number of hydrogen-bond acceptors (Lipinski definition) is 4. The maximum Gasteiger partial charge on any atom is 0.267 e. The fraction of sp³-hybridized carbons (Fsp3) is 0.0870. The Balaban J connectivity index is 1.46. The van der Waals surface area contributed by atoms with Crippen LogP contribution in [0.3, 0.4) is 0 Å². The number of halogens is 1. The van der Waals surface area contributed by atoms with Crippen LogP contribution in [0, 0.1) is 12.7 Å². The number of thiazole rings is 1. The molecular weight excluding hydrogens is 385 g/mol. The van der Waals surface area contributed by atoms with E-state index in [0.717, 1.165) is 23.2 Å². The number of anilines is 1. The van der Waals surface area contributed by atoms with Gasteiger partial charge in [-0.3, -0.25) is 9.78 Å². The highest BCUT2D eigenvalue weighted by Gasteiger charge is 2.16. The Morgan fingerprint density at radius 3 is 2.31 bits per heavy atom. The van der Waals surface area contributed by atoms with Gasteiger partial charge in [-0.25, -0.2) is 9.37 Å². The topological polar surface area (TPSA) is 54.9 Å². The summed E-state index contributed by atoms with van der Waals surface area (Å²) in [5.41, 5.74) is 4.51. The fourth-order valence-electron chi connectivity index (χ4n) is 2.95. The predicted octanol–water partition coefficient (Wildman–Crippen LogP) is 5.50. The third-order valence-electron chi connectivity index (χ3n) is 4.46. The summed E-state index contributed by atoms with van der Waals surface area (Å²) in [6.45, 7) is 1.80. The summed E-state index contributed by atoms with van der Waals surface area (Å²) in [5, 5.41) is 3.62. The first kappa shape index (κ1) is 19.0. The van der Waals surface area contributed by atoms with Crippen LogP contribution >= 0.6 is 11.3 Å². The van der Waals surface area contributed by atoms with Crippen molar-refractivity contribution in [2.45, 2.75) is 13.3 Å². The van der Waals surface area contributed by atoms with E-state index < -0.39 is 0 Å². The van der Waals surface area contributed by atoms with Gasteiger partial charge in [-0.2, -0.15) is 0 Å². The molecule has 0 aliphatic carbocycles. The Bertz CT molecular complexity index is 1120. The van der Waals surface area contributed by atoms with E-state index in [9.17, 15) is 9.18 Å². The predicted molar refractivity (Wildman–Crippen MR) is 114 cm³/mol. The van der Waals surface area contributed by atoms with Crippen LogP contribution in [-0.4, -0.2) is 15.9 Å². The quantitative estimate of drug-likeness (QED) is 0.479. The number of pyridine rings is 1. The van der Waals surface area contributed by atoms with Crippen molar-refractivity contribution in [3.05, 3.63) is 101 Å². The van der Waals surface area contributed by atoms with Crippen molar-refractivity contribution in [1.82, 2.24) is 9.97 Å². The number of rotatable bonds is 5. The molecule has 0 fully saturated rings. The van der Waals surface area contributed by atoms with Gasteiger partial charge in [0, 0.05) is 23.6 Å². The lowest BCUT2D eigenvalue weighted by Crippen LogP contribution is -2.11. The number of carbonyl (C=O) groups is 1. The van der Waals surface area contributed by atoms with Crippen LogP contribution in [0.25, 0.3) is 10.6 Å². The van der Waals surface area contributed by atoms with Crippen LogP contribution in [-0.2, 0) is 6.42 Å². The zero-order valence-corrected chi connectivity index (χ0v) is 16.5. The molecule has 2 heterocycles. The van der Waals surface area contributed by atoms with Gasteiger partial charge in [0.1, 0.15) is 15.7 Å². The van der Waals surface area contributed by atoms with Gasteiger partial charge in [-0.1, -0.05) is 12.1 Å². The summed E-state index contributed by atoms with van der Waals surface area (Å²) in [5.74, 6) is -0.498. The maximum atomic E-state index is 13.1. The summed E-state index contributed by atoms with van der Waals surface area (Å²) in [7, 11) is 0. The van der Waals surface area contributed by atoms with Gasteiger partial charge in [-0.15, -0.1) is 11.3 Å². The number of hydrogen-bond donors (Lipinski definition) is 1. The standard InChI is InChI=1S/C23H18FN3OS/c1-15-21(29-23(26-15)18-4-6-19(24)7-5-18)22(28)27-20-8-2-16(3-9-20)14-17-10-12-25-13-11-17/h2-13H,14H2,1H3,(H,27,28). The molecule has 1 N–H and O–H groups in total. The monoisotopic (exact) mass is 403 g/mol. The van der Waals surface area contributed by atoms with Gasteiger partial charge < -0.3 is 5.32 Å². The van der Waals surface area contributed by atoms with Gasteiger partial charge in [0.2, 0.25) is 0 Å². The first-order valence-corrected chi connectivity index (χ1v) is 9.93. The molecule has 0 aliphatic heterocycles. The van der Waals surface area contributed by atoms with Gasteiger partial charge >= 0.3 is 0 Å². The number of aryl methyl sites for hydroxylation is 1. The van der Waals surface area contributed by atoms with Crippen molar-refractivity contribution in [2.75, 3.05) is 5.32 Å². The lowest BCUT2D eigenvalue weighted by molar-refractivity contribution is 0.103. The van der Waals surface area contributed by atoms with E-state index in [0.29, 0.717) is 15.6 Å². The van der Waals surface area contributed by atoms with E-state index in [2.05, 4.69) is 15.3 Å². The minimum atomic E-state index is -0.299. The lowest BCUT2D eigenvalue weighted by atomic mass is 10.1. The van der Waals surface area contributed by atoms with Crippen LogP contribution in [0.4, 0.5) is 10.1 Å². The molecule has 2 aromatic carbocycles. The summed E-state index contributed by atoms with van der Waals surface area (Å²) in [6.07, 6.45) is 4.37. The zero-order valence-electron chi connectivity index (χ0n) is 15.7. The van der Waals surface area contributed by atoms with E-state index >= 15 is 0 Å². The van der Waals surface area contributed by atoms with Crippen molar-refractivity contribution in [3.8, 4) is 10.6 Å². The highest BCUT2D eigenvalue weighted by Crippen LogP contribution is 2.28. The van der Waals surface area contributed by atoms with E-state index in [1.165, 1.54) is 29.0 Å². The highest BCUT2D eigenvalue weighted by atomic mass is 32.1. The van der Waals surface area contributed by atoms with Crippen molar-refractivity contribution in [3.63, 3.8) is 0 Å². The molecule has 144 valence electrons. The summed E-state index contributed by atoms with van der Waals surface area (Å²) >= 11 is 1.30. The summed E-state index contributed by atoms with van der Waals surface area (Å²) in [4.78, 5) is 21.7. The Morgan fingerprint density at radius 1 is 0.966 bits per heavy atom. The molecule has 4 nitrogen and oxygen atoms in total. The van der Waals surface area contributed by atoms with Crippen LogP contribution in [0.5, 0.6) is 0 Å². The van der Waals surface area contributed by atoms with Crippen molar-refractivity contribution < 1.29 is 9.18 Å². The molecule has 0 bridgehead atoms. The molecule has 0 aliphatic rings. The fourth-order valence-corrected chi connectivity index (χ4v) is 3.92. The highest BCUT2D eigenvalue weighted by molar-refractivity contribution is 7.17. The molecule has 2 aromatic heterocycles. The molecule has 29 heavy (non-hydrogen) atoms. The number of nitrogens with zero attached hydrogens (tertiary/aromatic N) is 2. The molecular formula is C23H18FN3OS. The SMILES string of the molecule is Cc1nc(-c2ccc(F)cc2)sc1C(=O)Nc1ccc(Cc2ccncc2)cc1. The number of amides is 1. The number of aromatic nitrogens is 2. The van der Waals surface area contributed by atoms with Gasteiger partial charge in [0.05, 0.1) is 5.69 Å². The molecule has 0 spiro atoms. The van der Waals surface area contributed by atoms with E-state index in [1.54, 1.807) is 31.5 Å². The number of nitrogens with one attached hydrogen (secondary N) is 1. The third kappa shape index (κ3) is 4.55. The molecule has 0 unspecified atom stereocenters. The van der Waals surface area contributed by atoms with Crippen LogP contribution < -0.4 is 5.32 Å². The molecule has 6 heteroatoms. The van der Waals surface area contributed by atoms with E-state index in [1.807, 2.05) is 36.4 Å². The smallest absolute Gasteiger partial charge is 0.267 e. The van der Waals surface area contributed by atoms with E-state index in [4.69, 9.17) is 0 Å². The van der Waals surface area contributed by atoms with Crippen LogP contribution in [0.2, 0.25) is 0 Å². The van der Waals surface area contributed by atoms with Gasteiger partial charge in [0.25, 0.3) is 5.91 Å². The number of carbonyl (C=O) groups excluding carboxylic acids is 1. The second-order valence-electron chi connectivity index (χ2n) is 6.62. The number of benzene rings is 2. The molecule has 0 saturated heterocycles. The largest absolute Gasteiger partial charge is 0.321 e. The maximum absolute atomic E-state index is 13.1. The second-order valence-corrected chi connectivity index (χ2v) is 7.62. The van der Waals surface area contributed by atoms with Gasteiger partial charge in [0.15, 0.2) is 0 Å².